The molecule has 0 saturated carbocycles. The summed E-state index contributed by atoms with van der Waals surface area (Å²) >= 11 is 1.72. The van der Waals surface area contributed by atoms with E-state index >= 15 is 0 Å². The largest absolute Gasteiger partial charge is 0.494 e. The predicted octanol–water partition coefficient (Wildman–Crippen LogP) is 2.99. The number of likely N-dealkylation sites (N-methyl/N-ethyl adjacent to an activating group) is 1. The van der Waals surface area contributed by atoms with E-state index in [0.717, 1.165) is 41.4 Å². The summed E-state index contributed by atoms with van der Waals surface area (Å²) in [6.07, 6.45) is 0.749. The fourth-order valence-corrected chi connectivity index (χ4v) is 4.69. The summed E-state index contributed by atoms with van der Waals surface area (Å²) < 4.78 is 5.48. The zero-order chi connectivity index (χ0) is 16.7. The summed E-state index contributed by atoms with van der Waals surface area (Å²) in [4.78, 5) is 16.3. The number of thiophene rings is 1. The maximum absolute atomic E-state index is 12.7. The molecular formula is C18H21N3O2S. The van der Waals surface area contributed by atoms with Crippen LogP contribution in [0.3, 0.4) is 0 Å². The Morgan fingerprint density at radius 2 is 2.08 bits per heavy atom. The van der Waals surface area contributed by atoms with Crippen molar-refractivity contribution in [2.45, 2.75) is 26.1 Å². The van der Waals surface area contributed by atoms with Crippen LogP contribution in [0.25, 0.3) is 0 Å². The fraction of sp³-hybridized carbons (Fsp3) is 0.389. The normalized spacial score (nSPS) is 19.9. The lowest BCUT2D eigenvalue weighted by atomic mass is 10.0. The van der Waals surface area contributed by atoms with Crippen molar-refractivity contribution in [3.63, 3.8) is 0 Å². The third-order valence-corrected chi connectivity index (χ3v) is 5.70. The number of nitrogens with zero attached hydrogens (tertiary/aromatic N) is 1. The van der Waals surface area contributed by atoms with Crippen molar-refractivity contribution in [1.82, 2.24) is 10.2 Å². The van der Waals surface area contributed by atoms with Gasteiger partial charge in [-0.15, -0.1) is 11.3 Å². The molecule has 24 heavy (non-hydrogen) atoms. The first kappa shape index (κ1) is 15.5. The molecule has 2 N–H and O–H groups in total. The molecule has 2 aromatic rings. The molecule has 6 heteroatoms. The summed E-state index contributed by atoms with van der Waals surface area (Å²) in [6.45, 7) is 4.55. The summed E-state index contributed by atoms with van der Waals surface area (Å²) in [5, 5.41) is 7.58. The fourth-order valence-electron chi connectivity index (χ4n) is 3.33. The van der Waals surface area contributed by atoms with Crippen molar-refractivity contribution in [2.75, 3.05) is 25.5 Å². The second kappa shape index (κ2) is 6.11. The van der Waals surface area contributed by atoms with Gasteiger partial charge in [-0.2, -0.15) is 0 Å². The molecule has 1 atom stereocenters. The third kappa shape index (κ3) is 2.65. The van der Waals surface area contributed by atoms with Crippen LogP contribution in [-0.2, 0) is 13.0 Å². The van der Waals surface area contributed by atoms with E-state index in [2.05, 4.69) is 22.6 Å². The lowest BCUT2D eigenvalue weighted by molar-refractivity contribution is 0.0935. The number of hydrogen-bond acceptors (Lipinski definition) is 5. The number of benzene rings is 1. The van der Waals surface area contributed by atoms with Gasteiger partial charge in [0.1, 0.15) is 16.9 Å². The number of hydrogen-bond donors (Lipinski definition) is 2. The van der Waals surface area contributed by atoms with E-state index in [0.29, 0.717) is 6.61 Å². The van der Waals surface area contributed by atoms with Crippen LogP contribution in [0.1, 0.15) is 39.5 Å². The van der Waals surface area contributed by atoms with Gasteiger partial charge in [0.25, 0.3) is 5.91 Å². The van der Waals surface area contributed by atoms with E-state index in [-0.39, 0.29) is 12.1 Å². The van der Waals surface area contributed by atoms with Gasteiger partial charge in [-0.3, -0.25) is 4.79 Å². The van der Waals surface area contributed by atoms with E-state index in [1.54, 1.807) is 11.3 Å². The predicted molar refractivity (Wildman–Crippen MR) is 95.8 cm³/mol. The summed E-state index contributed by atoms with van der Waals surface area (Å²) in [7, 11) is 2.12. The molecule has 5 nitrogen and oxygen atoms in total. The minimum Gasteiger partial charge on any atom is -0.494 e. The number of nitrogens with one attached hydrogen (secondary N) is 2. The maximum atomic E-state index is 12.7. The van der Waals surface area contributed by atoms with Gasteiger partial charge in [0.05, 0.1) is 12.2 Å². The first-order valence-corrected chi connectivity index (χ1v) is 9.10. The average molecular weight is 343 g/mol. The molecule has 1 unspecified atom stereocenters. The molecule has 0 spiro atoms. The molecule has 0 aliphatic carbocycles. The van der Waals surface area contributed by atoms with E-state index in [4.69, 9.17) is 4.74 Å². The second-order valence-corrected chi connectivity index (χ2v) is 7.35. The maximum Gasteiger partial charge on any atom is 0.256 e. The first-order valence-electron chi connectivity index (χ1n) is 8.29. The highest BCUT2D eigenvalue weighted by Gasteiger charge is 2.32. The molecule has 2 aliphatic heterocycles. The zero-order valence-corrected chi connectivity index (χ0v) is 14.7. The number of carbonyl (C=O) groups is 1. The van der Waals surface area contributed by atoms with Crippen molar-refractivity contribution >= 4 is 22.2 Å². The van der Waals surface area contributed by atoms with Crippen LogP contribution in [0.5, 0.6) is 5.75 Å². The van der Waals surface area contributed by atoms with Crippen molar-refractivity contribution in [3.05, 3.63) is 45.8 Å². The molecule has 0 saturated heterocycles. The Kier molecular flexibility index (Phi) is 3.94. The van der Waals surface area contributed by atoms with Crippen molar-refractivity contribution in [1.29, 1.82) is 0 Å². The Morgan fingerprint density at radius 1 is 1.29 bits per heavy atom. The lowest BCUT2D eigenvalue weighted by Gasteiger charge is -2.27. The Hall–Kier alpha value is -2.05. The SMILES string of the molecule is CCOc1ccc(C2NC(=O)c3c(sc4c3CCN(C)C4)N2)cc1. The van der Waals surface area contributed by atoms with Crippen LogP contribution >= 0.6 is 11.3 Å². The molecular weight excluding hydrogens is 322 g/mol. The number of anilines is 1. The minimum absolute atomic E-state index is 0.0321. The van der Waals surface area contributed by atoms with Crippen LogP contribution in [0.4, 0.5) is 5.00 Å². The molecule has 0 fully saturated rings. The Bertz CT molecular complexity index is 769. The van der Waals surface area contributed by atoms with E-state index in [1.807, 2.05) is 31.2 Å². The molecule has 2 aliphatic rings. The molecule has 1 aromatic carbocycles. The van der Waals surface area contributed by atoms with Crippen LogP contribution < -0.4 is 15.4 Å². The van der Waals surface area contributed by atoms with Crippen LogP contribution in [-0.4, -0.2) is 31.0 Å². The second-order valence-electron chi connectivity index (χ2n) is 6.25. The van der Waals surface area contributed by atoms with Gasteiger partial charge in [-0.25, -0.2) is 0 Å². The van der Waals surface area contributed by atoms with Gasteiger partial charge < -0.3 is 20.3 Å². The number of carbonyl (C=O) groups excluding carboxylic acids is 1. The standard InChI is InChI=1S/C18H21N3O2S/c1-3-23-12-6-4-11(5-7-12)16-19-17(22)15-13-8-9-21(2)10-14(13)24-18(15)20-16/h4-7,16,20H,3,8-10H2,1-2H3,(H,19,22). The number of ether oxygens (including phenoxy) is 1. The monoisotopic (exact) mass is 343 g/mol. The van der Waals surface area contributed by atoms with Gasteiger partial charge in [0, 0.05) is 18.0 Å². The van der Waals surface area contributed by atoms with Gasteiger partial charge in [0.15, 0.2) is 0 Å². The van der Waals surface area contributed by atoms with Crippen LogP contribution in [0, 0.1) is 0 Å². The summed E-state index contributed by atoms with van der Waals surface area (Å²) in [5.41, 5.74) is 3.11. The minimum atomic E-state index is -0.196. The Labute approximate surface area is 145 Å². The van der Waals surface area contributed by atoms with E-state index < -0.39 is 0 Å². The van der Waals surface area contributed by atoms with Gasteiger partial charge in [-0.1, -0.05) is 12.1 Å². The van der Waals surface area contributed by atoms with Crippen LogP contribution in [0.2, 0.25) is 0 Å². The number of fused-ring (bicyclic) bond motifs is 3. The molecule has 126 valence electrons. The molecule has 0 radical (unpaired) electrons. The van der Waals surface area contributed by atoms with Gasteiger partial charge in [0.2, 0.25) is 0 Å². The highest BCUT2D eigenvalue weighted by atomic mass is 32.1. The van der Waals surface area contributed by atoms with Crippen molar-refractivity contribution in [2.24, 2.45) is 0 Å². The van der Waals surface area contributed by atoms with Crippen molar-refractivity contribution in [3.8, 4) is 5.75 Å². The van der Waals surface area contributed by atoms with E-state index in [9.17, 15) is 4.79 Å². The highest BCUT2D eigenvalue weighted by Crippen LogP contribution is 2.40. The number of rotatable bonds is 3. The molecule has 4 rings (SSSR count). The topological polar surface area (TPSA) is 53.6 Å². The quantitative estimate of drug-likeness (QED) is 0.900. The smallest absolute Gasteiger partial charge is 0.256 e. The van der Waals surface area contributed by atoms with Gasteiger partial charge >= 0.3 is 0 Å². The average Bonchev–Trinajstić information content (AvgIpc) is 2.93. The Morgan fingerprint density at radius 3 is 2.83 bits per heavy atom. The number of amides is 1. The third-order valence-electron chi connectivity index (χ3n) is 4.55. The lowest BCUT2D eigenvalue weighted by Crippen LogP contribution is -2.38. The summed E-state index contributed by atoms with van der Waals surface area (Å²) in [5.74, 6) is 0.878. The highest BCUT2D eigenvalue weighted by molar-refractivity contribution is 7.16. The molecule has 1 amide bonds. The van der Waals surface area contributed by atoms with Crippen LogP contribution in [0.15, 0.2) is 24.3 Å². The molecule has 0 bridgehead atoms. The van der Waals surface area contributed by atoms with Gasteiger partial charge in [-0.05, 0) is 43.7 Å². The van der Waals surface area contributed by atoms with Crippen molar-refractivity contribution < 1.29 is 9.53 Å². The Balaban J connectivity index is 1.61. The zero-order valence-electron chi connectivity index (χ0n) is 13.9. The molecule has 1 aromatic heterocycles. The van der Waals surface area contributed by atoms with E-state index in [1.165, 1.54) is 10.4 Å². The molecule has 3 heterocycles. The first-order chi connectivity index (χ1) is 11.7. The summed E-state index contributed by atoms with van der Waals surface area (Å²) in [6, 6.07) is 7.87.